The van der Waals surface area contributed by atoms with Crippen LogP contribution in [0.5, 0.6) is 0 Å². The van der Waals surface area contributed by atoms with Gasteiger partial charge in [-0.15, -0.1) is 24.8 Å². The molecule has 20 valence electrons. The van der Waals surface area contributed by atoms with E-state index in [1.807, 2.05) is 0 Å². The maximum absolute atomic E-state index is 0. The SMILES string of the molecule is Cl.Cl.[H-].[Hg].[Na+]. The summed E-state index contributed by atoms with van der Waals surface area (Å²) in [5.74, 6) is 0. The molecule has 0 aliphatic heterocycles. The Hall–Kier alpha value is 2.52. The van der Waals surface area contributed by atoms with Gasteiger partial charge in [0.15, 0.2) is 0 Å². The van der Waals surface area contributed by atoms with Gasteiger partial charge in [0, 0.05) is 27.7 Å². The molecule has 0 rings (SSSR count). The van der Waals surface area contributed by atoms with Crippen molar-refractivity contribution in [2.24, 2.45) is 0 Å². The molecule has 0 unspecified atom stereocenters. The van der Waals surface area contributed by atoms with Crippen molar-refractivity contribution in [2.75, 3.05) is 0 Å². The maximum Gasteiger partial charge on any atom is 1.00 e. The van der Waals surface area contributed by atoms with E-state index in [1.165, 1.54) is 0 Å². The Kier molecular flexibility index (Phi) is 139. The fourth-order valence-corrected chi connectivity index (χ4v) is 0. The van der Waals surface area contributed by atoms with E-state index >= 15 is 0 Å². The summed E-state index contributed by atoms with van der Waals surface area (Å²) in [6.45, 7) is 0. The zero-order chi connectivity index (χ0) is 0. The van der Waals surface area contributed by atoms with Gasteiger partial charge in [-0.05, 0) is 0 Å². The fraction of sp³-hybridized carbons (Fsp3) is 0. The summed E-state index contributed by atoms with van der Waals surface area (Å²) in [4.78, 5) is 0. The molecule has 0 amide bonds. The molecule has 0 bridgehead atoms. The summed E-state index contributed by atoms with van der Waals surface area (Å²) in [6.07, 6.45) is 0. The van der Waals surface area contributed by atoms with Crippen LogP contribution in [0.25, 0.3) is 0 Å². The van der Waals surface area contributed by atoms with Crippen LogP contribution in [0.4, 0.5) is 0 Å². The predicted octanol–water partition coefficient (Wildman–Crippen LogP) is -2.04. The monoisotopic (exact) mass is 298 g/mol. The number of hydrogen-bond acceptors (Lipinski definition) is 0. The largest absolute Gasteiger partial charge is 1.00 e. The summed E-state index contributed by atoms with van der Waals surface area (Å²) in [6, 6.07) is 0. The Labute approximate surface area is 82.2 Å². The van der Waals surface area contributed by atoms with E-state index in [0.717, 1.165) is 0 Å². The number of halogens is 2. The van der Waals surface area contributed by atoms with E-state index in [0.29, 0.717) is 0 Å². The average molecular weight is 298 g/mol. The van der Waals surface area contributed by atoms with Crippen molar-refractivity contribution in [3.8, 4) is 0 Å². The second-order valence-electron chi connectivity index (χ2n) is 0. The minimum atomic E-state index is 0. The molecule has 0 saturated carbocycles. The minimum Gasteiger partial charge on any atom is -1.00 e. The summed E-state index contributed by atoms with van der Waals surface area (Å²) >= 11 is 0. The van der Waals surface area contributed by atoms with Gasteiger partial charge < -0.3 is 1.43 Å². The standard InChI is InChI=1S/2ClH.Hg.Na.H/h2*1H;;;/q;;;+1;-1. The van der Waals surface area contributed by atoms with Gasteiger partial charge in [-0.2, -0.15) is 0 Å². The van der Waals surface area contributed by atoms with Crippen LogP contribution in [0.15, 0.2) is 0 Å². The van der Waals surface area contributed by atoms with Crippen molar-refractivity contribution in [2.45, 2.75) is 0 Å². The van der Waals surface area contributed by atoms with Crippen molar-refractivity contribution in [3.05, 3.63) is 0 Å². The van der Waals surface area contributed by atoms with E-state index in [2.05, 4.69) is 0 Å². The predicted molar refractivity (Wildman–Crippen MR) is 15.6 cm³/mol. The van der Waals surface area contributed by atoms with Gasteiger partial charge in [0.25, 0.3) is 0 Å². The van der Waals surface area contributed by atoms with E-state index in [9.17, 15) is 0 Å². The van der Waals surface area contributed by atoms with Gasteiger partial charge in [0.05, 0.1) is 0 Å². The van der Waals surface area contributed by atoms with E-state index in [1.54, 1.807) is 0 Å². The molecule has 0 aromatic rings. The first-order valence-corrected chi connectivity index (χ1v) is 0. The Morgan fingerprint density at radius 2 is 1.00 bits per heavy atom. The maximum atomic E-state index is 0. The molecule has 0 heterocycles. The second kappa shape index (κ2) is 17.8. The van der Waals surface area contributed by atoms with Gasteiger partial charge in [-0.25, -0.2) is 0 Å². The molecule has 0 saturated heterocycles. The third-order valence-electron chi connectivity index (χ3n) is 0. The molecule has 0 aliphatic rings. The normalized spacial score (nSPS) is 0. The van der Waals surface area contributed by atoms with Gasteiger partial charge >= 0.3 is 29.6 Å². The third-order valence-corrected chi connectivity index (χ3v) is 0. The zero-order valence-electron chi connectivity index (χ0n) is 3.52. The molecule has 0 radical (unpaired) electrons. The summed E-state index contributed by atoms with van der Waals surface area (Å²) in [5, 5.41) is 0. The van der Waals surface area contributed by atoms with Crippen molar-refractivity contribution in [3.63, 3.8) is 0 Å². The summed E-state index contributed by atoms with van der Waals surface area (Å²) < 4.78 is 0. The number of rotatable bonds is 0. The van der Waals surface area contributed by atoms with Crippen LogP contribution in [0.2, 0.25) is 0 Å². The molecule has 0 nitrogen and oxygen atoms in total. The third kappa shape index (κ3) is 8.82. The zero-order valence-corrected chi connectivity index (χ0v) is 11.7. The van der Waals surface area contributed by atoms with Crippen LogP contribution >= 0.6 is 24.8 Å². The first-order chi connectivity index (χ1) is 0. The smallest absolute Gasteiger partial charge is 1.00 e. The van der Waals surface area contributed by atoms with Crippen molar-refractivity contribution in [1.82, 2.24) is 0 Å². The van der Waals surface area contributed by atoms with Crippen LogP contribution < -0.4 is 29.6 Å². The molecule has 0 fully saturated rings. The van der Waals surface area contributed by atoms with Gasteiger partial charge in [-0.3, -0.25) is 0 Å². The van der Waals surface area contributed by atoms with Crippen molar-refractivity contribution < 1.29 is 58.7 Å². The Bertz CT molecular complexity index is 9.61. The summed E-state index contributed by atoms with van der Waals surface area (Å²) in [5.41, 5.74) is 0. The molecular formula is H3Cl2HgNa. The quantitative estimate of drug-likeness (QED) is 0.452. The second-order valence-corrected chi connectivity index (χ2v) is 0. The van der Waals surface area contributed by atoms with Crippen molar-refractivity contribution >= 4 is 24.8 Å². The summed E-state index contributed by atoms with van der Waals surface area (Å²) in [7, 11) is 0. The Morgan fingerprint density at radius 3 is 1.00 bits per heavy atom. The molecule has 0 aromatic heterocycles. The van der Waals surface area contributed by atoms with Crippen molar-refractivity contribution in [1.29, 1.82) is 0 Å². The first kappa shape index (κ1) is 31.3. The number of hydrogen-bond donors (Lipinski definition) is 0. The molecule has 0 aliphatic carbocycles. The van der Waals surface area contributed by atoms with E-state index < -0.39 is 0 Å². The van der Waals surface area contributed by atoms with Crippen LogP contribution in [0.3, 0.4) is 0 Å². The Balaban J connectivity index is 0. The molecular weight excluding hydrogens is 294 g/mol. The van der Waals surface area contributed by atoms with E-state index in [-0.39, 0.29) is 83.5 Å². The van der Waals surface area contributed by atoms with Crippen LogP contribution in [-0.4, -0.2) is 0 Å². The van der Waals surface area contributed by atoms with Crippen LogP contribution in [0, 0.1) is 0 Å². The molecule has 0 N–H and O–H groups in total. The topological polar surface area (TPSA) is 0 Å². The van der Waals surface area contributed by atoms with Crippen LogP contribution in [0.1, 0.15) is 1.43 Å². The molecule has 4 heteroatoms. The van der Waals surface area contributed by atoms with Gasteiger partial charge in [0.2, 0.25) is 0 Å². The fourth-order valence-electron chi connectivity index (χ4n) is 0. The van der Waals surface area contributed by atoms with Gasteiger partial charge in [-0.1, -0.05) is 0 Å². The minimum absolute atomic E-state index is 0. The first-order valence-electron chi connectivity index (χ1n) is 0. The van der Waals surface area contributed by atoms with E-state index in [4.69, 9.17) is 0 Å². The van der Waals surface area contributed by atoms with Gasteiger partial charge in [0.1, 0.15) is 0 Å². The molecule has 0 spiro atoms. The Morgan fingerprint density at radius 1 is 1.00 bits per heavy atom. The molecule has 0 atom stereocenters. The molecule has 0 aromatic carbocycles. The average Bonchev–Trinajstić information content (AvgIpc) is 0. The van der Waals surface area contributed by atoms with Crippen LogP contribution in [-0.2, 0) is 27.7 Å². The molecule has 4 heavy (non-hydrogen) atoms.